The summed E-state index contributed by atoms with van der Waals surface area (Å²) in [6, 6.07) is 11.7. The summed E-state index contributed by atoms with van der Waals surface area (Å²) in [5.41, 5.74) is 6.59. The Balaban J connectivity index is 1.42. The highest BCUT2D eigenvalue weighted by molar-refractivity contribution is 6.09. The van der Waals surface area contributed by atoms with Gasteiger partial charge in [0.1, 0.15) is 31.3 Å². The Labute approximate surface area is 287 Å². The molecule has 0 bridgehead atoms. The van der Waals surface area contributed by atoms with Crippen LogP contribution < -0.4 is 15.4 Å². The van der Waals surface area contributed by atoms with Gasteiger partial charge in [0.05, 0.1) is 25.1 Å². The highest BCUT2D eigenvalue weighted by atomic mass is 16.6. The molecule has 0 spiro atoms. The van der Waals surface area contributed by atoms with E-state index in [1.807, 2.05) is 51.1 Å². The molecule has 2 unspecified atom stereocenters. The summed E-state index contributed by atoms with van der Waals surface area (Å²) in [6.07, 6.45) is 3.80. The van der Waals surface area contributed by atoms with Crippen LogP contribution in [0.1, 0.15) is 73.5 Å². The molecule has 260 valence electrons. The largest absolute Gasteiger partial charge is 0.464 e. The van der Waals surface area contributed by atoms with Gasteiger partial charge < -0.3 is 29.6 Å². The minimum Gasteiger partial charge on any atom is -0.464 e. The van der Waals surface area contributed by atoms with Gasteiger partial charge in [0.15, 0.2) is 0 Å². The molecule has 0 saturated heterocycles. The van der Waals surface area contributed by atoms with Crippen LogP contribution in [0.25, 0.3) is 0 Å². The van der Waals surface area contributed by atoms with E-state index in [-0.39, 0.29) is 62.5 Å². The Morgan fingerprint density at radius 2 is 1.63 bits per heavy atom. The van der Waals surface area contributed by atoms with Gasteiger partial charge in [-0.3, -0.25) is 19.4 Å². The summed E-state index contributed by atoms with van der Waals surface area (Å²) in [5.74, 6) is -0.944. The molecule has 1 aliphatic heterocycles. The normalized spacial score (nSPS) is 17.0. The lowest BCUT2D eigenvalue weighted by Crippen LogP contribution is -2.32. The number of allylic oxidation sites excluding steroid dienone is 3. The standard InChI is InChI=1S/C38H45N3O8/c1-7-39-30-21-32-28(19-24(30)5)36(29-20-25(6)31(40-8-2)22-33(29)49-32)26-11-9-10-12-27(26)37(44)41-15-16-46-34(42)13-14-35(43)47-17-18-48-38(45)23(3)4/h9-12,19-22,28,36,40H,3,7-8,13-18H2,1-2,4-6H3,(H,41,44)/b39-30+. The first-order valence-electron chi connectivity index (χ1n) is 16.6. The van der Waals surface area contributed by atoms with Crippen LogP contribution in [0.15, 0.2) is 77.0 Å². The molecule has 0 radical (unpaired) electrons. The van der Waals surface area contributed by atoms with Crippen molar-refractivity contribution in [3.63, 3.8) is 0 Å². The number of hydrogen-bond donors (Lipinski definition) is 2. The Morgan fingerprint density at radius 1 is 0.939 bits per heavy atom. The van der Waals surface area contributed by atoms with Crippen molar-refractivity contribution in [1.29, 1.82) is 0 Å². The third-order valence-corrected chi connectivity index (χ3v) is 8.07. The lowest BCUT2D eigenvalue weighted by atomic mass is 9.73. The van der Waals surface area contributed by atoms with Gasteiger partial charge in [-0.05, 0) is 63.5 Å². The molecule has 49 heavy (non-hydrogen) atoms. The molecular weight excluding hydrogens is 626 g/mol. The molecule has 1 aliphatic carbocycles. The Hall–Kier alpha value is -5.19. The predicted octanol–water partition coefficient (Wildman–Crippen LogP) is 5.59. The lowest BCUT2D eigenvalue weighted by Gasteiger charge is -2.37. The first kappa shape index (κ1) is 36.6. The van der Waals surface area contributed by atoms with Gasteiger partial charge in [-0.25, -0.2) is 4.79 Å². The average molecular weight is 672 g/mol. The quantitative estimate of drug-likeness (QED) is 0.107. The molecule has 2 aromatic rings. The highest BCUT2D eigenvalue weighted by Crippen LogP contribution is 2.50. The summed E-state index contributed by atoms with van der Waals surface area (Å²) in [7, 11) is 0. The molecule has 0 fully saturated rings. The fourth-order valence-electron chi connectivity index (χ4n) is 5.75. The van der Waals surface area contributed by atoms with Gasteiger partial charge in [-0.2, -0.15) is 0 Å². The number of rotatable bonds is 15. The number of ether oxygens (including phenoxy) is 4. The van der Waals surface area contributed by atoms with E-state index in [2.05, 4.69) is 41.3 Å². The Kier molecular flexibility index (Phi) is 12.9. The number of aryl methyl sites for hydroxylation is 1. The van der Waals surface area contributed by atoms with Gasteiger partial charge in [-0.1, -0.05) is 30.9 Å². The maximum atomic E-state index is 13.6. The number of anilines is 1. The molecule has 2 N–H and O–H groups in total. The highest BCUT2D eigenvalue weighted by Gasteiger charge is 2.39. The molecule has 11 heteroatoms. The van der Waals surface area contributed by atoms with Crippen LogP contribution in [0.2, 0.25) is 0 Å². The molecular formula is C38H45N3O8. The van der Waals surface area contributed by atoms with E-state index in [0.717, 1.165) is 51.7 Å². The number of benzene rings is 2. The van der Waals surface area contributed by atoms with E-state index in [1.165, 1.54) is 6.92 Å². The maximum Gasteiger partial charge on any atom is 0.333 e. The number of carbonyl (C=O) groups excluding carboxylic acids is 4. The number of aliphatic imine (C=N–C) groups is 1. The lowest BCUT2D eigenvalue weighted by molar-refractivity contribution is -0.153. The van der Waals surface area contributed by atoms with Crippen LogP contribution in [0.4, 0.5) is 5.69 Å². The summed E-state index contributed by atoms with van der Waals surface area (Å²) >= 11 is 0. The van der Waals surface area contributed by atoms with Crippen LogP contribution >= 0.6 is 0 Å². The smallest absolute Gasteiger partial charge is 0.333 e. The van der Waals surface area contributed by atoms with E-state index in [9.17, 15) is 19.2 Å². The van der Waals surface area contributed by atoms with Crippen molar-refractivity contribution in [2.45, 2.75) is 53.4 Å². The van der Waals surface area contributed by atoms with E-state index < -0.39 is 17.9 Å². The molecule has 2 aliphatic rings. The monoisotopic (exact) mass is 671 g/mol. The fraction of sp³-hybridized carbons (Fsp3) is 0.395. The van der Waals surface area contributed by atoms with Gasteiger partial charge in [-0.15, -0.1) is 0 Å². The fourth-order valence-corrected chi connectivity index (χ4v) is 5.75. The zero-order chi connectivity index (χ0) is 35.5. The third kappa shape index (κ3) is 9.46. The van der Waals surface area contributed by atoms with Gasteiger partial charge >= 0.3 is 17.9 Å². The van der Waals surface area contributed by atoms with Crippen LogP contribution in [-0.2, 0) is 28.6 Å². The molecule has 1 amide bonds. The topological polar surface area (TPSA) is 142 Å². The van der Waals surface area contributed by atoms with Crippen molar-refractivity contribution in [3.05, 3.63) is 94.3 Å². The van der Waals surface area contributed by atoms with Crippen LogP contribution in [0, 0.1) is 12.8 Å². The third-order valence-electron chi connectivity index (χ3n) is 8.07. The second kappa shape index (κ2) is 17.3. The molecule has 2 atom stereocenters. The van der Waals surface area contributed by atoms with Crippen molar-refractivity contribution >= 4 is 35.2 Å². The van der Waals surface area contributed by atoms with E-state index in [0.29, 0.717) is 12.1 Å². The summed E-state index contributed by atoms with van der Waals surface area (Å²) in [6.45, 7) is 14.3. The van der Waals surface area contributed by atoms with Crippen LogP contribution in [0.5, 0.6) is 5.75 Å². The van der Waals surface area contributed by atoms with Crippen molar-refractivity contribution in [1.82, 2.24) is 5.32 Å². The van der Waals surface area contributed by atoms with E-state index >= 15 is 0 Å². The molecule has 1 heterocycles. The Bertz CT molecular complexity index is 1690. The predicted molar refractivity (Wildman–Crippen MR) is 187 cm³/mol. The van der Waals surface area contributed by atoms with Crippen molar-refractivity contribution < 1.29 is 38.1 Å². The number of nitrogens with zero attached hydrogens (tertiary/aromatic N) is 1. The number of nitrogens with one attached hydrogen (secondary N) is 2. The van der Waals surface area contributed by atoms with Crippen LogP contribution in [-0.4, -0.2) is 69.0 Å². The SMILES string of the molecule is C=C(C)C(=O)OCCOC(=O)CCC(=O)OCCNC(=O)c1ccccc1C1c2cc(C)c(NCC)cc2OC2=C/C(=N\CC)C(C)=CC21. The molecule has 0 saturated carbocycles. The number of esters is 3. The zero-order valence-corrected chi connectivity index (χ0v) is 28.9. The number of amides is 1. The summed E-state index contributed by atoms with van der Waals surface area (Å²) in [4.78, 5) is 53.7. The van der Waals surface area contributed by atoms with Crippen molar-refractivity contribution in [3.8, 4) is 5.75 Å². The molecule has 11 nitrogen and oxygen atoms in total. The van der Waals surface area contributed by atoms with E-state index in [4.69, 9.17) is 18.9 Å². The number of fused-ring (bicyclic) bond motifs is 2. The first-order chi connectivity index (χ1) is 23.5. The zero-order valence-electron chi connectivity index (χ0n) is 28.9. The summed E-state index contributed by atoms with van der Waals surface area (Å²) < 4.78 is 21.6. The van der Waals surface area contributed by atoms with Crippen molar-refractivity contribution in [2.24, 2.45) is 10.9 Å². The van der Waals surface area contributed by atoms with E-state index in [1.54, 1.807) is 6.07 Å². The second-order valence-corrected chi connectivity index (χ2v) is 11.8. The van der Waals surface area contributed by atoms with Gasteiger partial charge in [0, 0.05) is 59.5 Å². The number of carbonyl (C=O) groups is 4. The summed E-state index contributed by atoms with van der Waals surface area (Å²) in [5, 5.41) is 6.28. The minimum atomic E-state index is -0.620. The molecule has 4 rings (SSSR count). The molecule has 0 aromatic heterocycles. The maximum absolute atomic E-state index is 13.6. The van der Waals surface area contributed by atoms with Gasteiger partial charge in [0.2, 0.25) is 0 Å². The second-order valence-electron chi connectivity index (χ2n) is 11.8. The van der Waals surface area contributed by atoms with Gasteiger partial charge in [0.25, 0.3) is 5.91 Å². The first-order valence-corrected chi connectivity index (χ1v) is 16.6. The minimum absolute atomic E-state index is 0.0673. The average Bonchev–Trinajstić information content (AvgIpc) is 3.07. The number of hydrogen-bond acceptors (Lipinski definition) is 10. The van der Waals surface area contributed by atoms with Crippen LogP contribution in [0.3, 0.4) is 0 Å². The molecule has 2 aromatic carbocycles. The Morgan fingerprint density at radius 3 is 2.33 bits per heavy atom. The van der Waals surface area contributed by atoms with Crippen molar-refractivity contribution in [2.75, 3.05) is 44.8 Å².